The van der Waals surface area contributed by atoms with E-state index in [0.717, 1.165) is 24.0 Å². The van der Waals surface area contributed by atoms with Crippen molar-refractivity contribution < 1.29 is 13.2 Å². The zero-order chi connectivity index (χ0) is 18.2. The van der Waals surface area contributed by atoms with E-state index in [2.05, 4.69) is 0 Å². The molecule has 2 aliphatic heterocycles. The van der Waals surface area contributed by atoms with Crippen LogP contribution in [0, 0.1) is 5.92 Å². The van der Waals surface area contributed by atoms with Crippen LogP contribution in [0.3, 0.4) is 0 Å². The molecule has 2 heterocycles. The predicted molar refractivity (Wildman–Crippen MR) is 96.6 cm³/mol. The predicted octanol–water partition coefficient (Wildman–Crippen LogP) is 0.992. The highest BCUT2D eigenvalue weighted by molar-refractivity contribution is 7.89. The van der Waals surface area contributed by atoms with Crippen molar-refractivity contribution in [3.05, 3.63) is 29.3 Å². The smallest absolute Gasteiger partial charge is 0.243 e. The lowest BCUT2D eigenvalue weighted by atomic mass is 10.0. The maximum atomic E-state index is 13.1. The summed E-state index contributed by atoms with van der Waals surface area (Å²) in [5.74, 6) is 0.300. The highest BCUT2D eigenvalue weighted by Gasteiger charge is 2.37. The van der Waals surface area contributed by atoms with Crippen LogP contribution in [0.25, 0.3) is 0 Å². The lowest BCUT2D eigenvalue weighted by molar-refractivity contribution is -0.128. The van der Waals surface area contributed by atoms with Gasteiger partial charge in [-0.15, -0.1) is 0 Å². The van der Waals surface area contributed by atoms with Crippen molar-refractivity contribution >= 4 is 15.9 Å². The highest BCUT2D eigenvalue weighted by Crippen LogP contribution is 2.30. The number of carbonyl (C=O) groups is 1. The number of hydrogen-bond donors (Lipinski definition) is 1. The van der Waals surface area contributed by atoms with Gasteiger partial charge in [0.15, 0.2) is 0 Å². The molecule has 7 heteroatoms. The van der Waals surface area contributed by atoms with Gasteiger partial charge in [0.25, 0.3) is 0 Å². The molecular weight excluding hydrogens is 338 g/mol. The SMILES string of the molecule is CC(=O)N1CCc2ccc(S(=O)(=O)N3CC(CN)CC3C)cc2CC1. The number of fused-ring (bicyclic) bond motifs is 1. The molecule has 2 atom stereocenters. The molecular formula is C18H27N3O3S. The van der Waals surface area contributed by atoms with Crippen LogP contribution in [0.1, 0.15) is 31.4 Å². The van der Waals surface area contributed by atoms with Gasteiger partial charge in [-0.05, 0) is 61.9 Å². The standard InChI is InChI=1S/C18H27N3O3S/c1-13-9-15(11-19)12-21(13)25(23,24)18-4-3-16-5-7-20(14(2)22)8-6-17(16)10-18/h3-4,10,13,15H,5-9,11-12,19H2,1-2H3. The van der Waals surface area contributed by atoms with E-state index < -0.39 is 10.0 Å². The molecule has 0 bridgehead atoms. The average molecular weight is 365 g/mol. The van der Waals surface area contributed by atoms with Crippen molar-refractivity contribution in [1.82, 2.24) is 9.21 Å². The summed E-state index contributed by atoms with van der Waals surface area (Å²) in [5.41, 5.74) is 7.90. The maximum absolute atomic E-state index is 13.1. The molecule has 2 N–H and O–H groups in total. The fourth-order valence-corrected chi connectivity index (χ4v) is 5.70. The summed E-state index contributed by atoms with van der Waals surface area (Å²) in [6.45, 7) is 5.86. The third-order valence-corrected chi connectivity index (χ3v) is 7.45. The Hall–Kier alpha value is -1.44. The van der Waals surface area contributed by atoms with Crippen LogP contribution in [0.5, 0.6) is 0 Å². The van der Waals surface area contributed by atoms with Crippen LogP contribution in [0.2, 0.25) is 0 Å². The van der Waals surface area contributed by atoms with Crippen LogP contribution in [-0.4, -0.2) is 55.8 Å². The van der Waals surface area contributed by atoms with Gasteiger partial charge in [-0.25, -0.2) is 8.42 Å². The molecule has 1 aromatic rings. The summed E-state index contributed by atoms with van der Waals surface area (Å²) in [7, 11) is -3.51. The number of benzene rings is 1. The first-order chi connectivity index (χ1) is 11.8. The fourth-order valence-electron chi connectivity index (χ4n) is 3.93. The highest BCUT2D eigenvalue weighted by atomic mass is 32.2. The number of carbonyl (C=O) groups excluding carboxylic acids is 1. The first-order valence-corrected chi connectivity index (χ1v) is 10.4. The Balaban J connectivity index is 1.86. The lowest BCUT2D eigenvalue weighted by Crippen LogP contribution is -2.34. The summed E-state index contributed by atoms with van der Waals surface area (Å²) >= 11 is 0. The van der Waals surface area contributed by atoms with Crippen molar-refractivity contribution in [1.29, 1.82) is 0 Å². The van der Waals surface area contributed by atoms with E-state index >= 15 is 0 Å². The molecule has 25 heavy (non-hydrogen) atoms. The summed E-state index contributed by atoms with van der Waals surface area (Å²) in [4.78, 5) is 13.8. The van der Waals surface area contributed by atoms with E-state index in [9.17, 15) is 13.2 Å². The molecule has 0 spiro atoms. The van der Waals surface area contributed by atoms with E-state index in [1.807, 2.05) is 17.9 Å². The second kappa shape index (κ2) is 7.05. The first kappa shape index (κ1) is 18.4. The van der Waals surface area contributed by atoms with E-state index in [1.54, 1.807) is 23.4 Å². The van der Waals surface area contributed by atoms with Gasteiger partial charge in [-0.3, -0.25) is 4.79 Å². The Labute approximate surface area is 150 Å². The minimum absolute atomic E-state index is 0.0226. The number of nitrogens with two attached hydrogens (primary N) is 1. The maximum Gasteiger partial charge on any atom is 0.243 e. The molecule has 0 saturated carbocycles. The summed E-state index contributed by atoms with van der Waals surface area (Å²) < 4.78 is 27.7. The molecule has 0 aliphatic carbocycles. The molecule has 3 rings (SSSR count). The Bertz CT molecular complexity index is 763. The second-order valence-corrected chi connectivity index (χ2v) is 9.09. The van der Waals surface area contributed by atoms with Crippen molar-refractivity contribution in [2.24, 2.45) is 11.7 Å². The number of rotatable bonds is 3. The molecule has 2 unspecified atom stereocenters. The topological polar surface area (TPSA) is 83.7 Å². The van der Waals surface area contributed by atoms with Gasteiger partial charge in [-0.1, -0.05) is 6.07 Å². The van der Waals surface area contributed by atoms with E-state index in [0.29, 0.717) is 37.5 Å². The Morgan fingerprint density at radius 2 is 1.92 bits per heavy atom. The fraction of sp³-hybridized carbons (Fsp3) is 0.611. The van der Waals surface area contributed by atoms with Crippen LogP contribution in [-0.2, 0) is 27.7 Å². The molecule has 6 nitrogen and oxygen atoms in total. The van der Waals surface area contributed by atoms with Crippen LogP contribution in [0.4, 0.5) is 0 Å². The average Bonchev–Trinajstić information content (AvgIpc) is 2.83. The van der Waals surface area contributed by atoms with Gasteiger partial charge in [0.05, 0.1) is 4.90 Å². The largest absolute Gasteiger partial charge is 0.342 e. The summed E-state index contributed by atoms with van der Waals surface area (Å²) in [5, 5.41) is 0. The molecule has 1 amide bonds. The van der Waals surface area contributed by atoms with Gasteiger partial charge < -0.3 is 10.6 Å². The molecule has 2 aliphatic rings. The van der Waals surface area contributed by atoms with Gasteiger partial charge in [0.1, 0.15) is 0 Å². The second-order valence-electron chi connectivity index (χ2n) is 7.20. The zero-order valence-corrected chi connectivity index (χ0v) is 15.8. The van der Waals surface area contributed by atoms with Gasteiger partial charge in [-0.2, -0.15) is 4.31 Å². The number of sulfonamides is 1. The third-order valence-electron chi connectivity index (χ3n) is 5.47. The third kappa shape index (κ3) is 3.59. The summed E-state index contributed by atoms with van der Waals surface area (Å²) in [6.07, 6.45) is 2.28. The number of hydrogen-bond acceptors (Lipinski definition) is 4. The van der Waals surface area contributed by atoms with Crippen molar-refractivity contribution in [3.63, 3.8) is 0 Å². The van der Waals surface area contributed by atoms with Crippen LogP contribution >= 0.6 is 0 Å². The molecule has 0 radical (unpaired) electrons. The number of nitrogens with zero attached hydrogens (tertiary/aromatic N) is 2. The molecule has 138 valence electrons. The zero-order valence-electron chi connectivity index (χ0n) is 14.9. The first-order valence-electron chi connectivity index (χ1n) is 8.92. The monoisotopic (exact) mass is 365 g/mol. The van der Waals surface area contributed by atoms with E-state index in [1.165, 1.54) is 0 Å². The molecule has 1 saturated heterocycles. The van der Waals surface area contributed by atoms with E-state index in [4.69, 9.17) is 5.73 Å². The normalized spacial score (nSPS) is 24.8. The minimum Gasteiger partial charge on any atom is -0.342 e. The van der Waals surface area contributed by atoms with Gasteiger partial charge in [0, 0.05) is 32.6 Å². The lowest BCUT2D eigenvalue weighted by Gasteiger charge is -2.21. The van der Waals surface area contributed by atoms with Crippen LogP contribution < -0.4 is 5.73 Å². The van der Waals surface area contributed by atoms with Crippen molar-refractivity contribution in [3.8, 4) is 0 Å². The quantitative estimate of drug-likeness (QED) is 0.866. The van der Waals surface area contributed by atoms with Crippen molar-refractivity contribution in [2.75, 3.05) is 26.2 Å². The van der Waals surface area contributed by atoms with Crippen molar-refractivity contribution in [2.45, 2.75) is 44.0 Å². The van der Waals surface area contributed by atoms with Gasteiger partial charge in [0.2, 0.25) is 15.9 Å². The van der Waals surface area contributed by atoms with Gasteiger partial charge >= 0.3 is 0 Å². The Kier molecular flexibility index (Phi) is 5.18. The Morgan fingerprint density at radius 3 is 2.52 bits per heavy atom. The van der Waals surface area contributed by atoms with Crippen LogP contribution in [0.15, 0.2) is 23.1 Å². The summed E-state index contributed by atoms with van der Waals surface area (Å²) in [6, 6.07) is 5.40. The Morgan fingerprint density at radius 1 is 1.24 bits per heavy atom. The molecule has 0 aromatic heterocycles. The van der Waals surface area contributed by atoms with E-state index in [-0.39, 0.29) is 17.9 Å². The number of amides is 1. The minimum atomic E-state index is -3.51. The molecule has 1 aromatic carbocycles. The molecule has 1 fully saturated rings.